The maximum Gasteiger partial charge on any atom is 0.124 e. The van der Waals surface area contributed by atoms with E-state index in [9.17, 15) is 4.79 Å². The van der Waals surface area contributed by atoms with Crippen LogP contribution in [-0.2, 0) is 4.79 Å². The number of carbonyl (C=O) groups excluding carboxylic acids is 1. The Kier molecular flexibility index (Phi) is 3.41. The molecule has 0 amide bonds. The number of allylic oxidation sites excluding steroid dienone is 1. The largest absolute Gasteiger partial charge is 0.303 e. The Balaban J connectivity index is 3.11. The van der Waals surface area contributed by atoms with Crippen LogP contribution in [0.4, 0.5) is 0 Å². The Hall–Kier alpha value is -1.63. The summed E-state index contributed by atoms with van der Waals surface area (Å²) < 4.78 is 0. The summed E-state index contributed by atoms with van der Waals surface area (Å²) in [4.78, 5) is 10.4. The Morgan fingerprint density at radius 1 is 1.50 bits per heavy atom. The van der Waals surface area contributed by atoms with E-state index in [4.69, 9.17) is 0 Å². The minimum absolute atomic E-state index is 0.390. The first-order chi connectivity index (χ1) is 6.69. The van der Waals surface area contributed by atoms with Gasteiger partial charge in [0.05, 0.1) is 0 Å². The van der Waals surface area contributed by atoms with Crippen molar-refractivity contribution in [1.29, 1.82) is 0 Å². The first-order valence-electron chi connectivity index (χ1n) is 4.54. The summed E-state index contributed by atoms with van der Waals surface area (Å²) in [7, 11) is 0. The van der Waals surface area contributed by atoms with Crippen molar-refractivity contribution in [2.45, 2.75) is 13.3 Å². The number of aldehydes is 1. The van der Waals surface area contributed by atoms with Crippen LogP contribution in [0, 0.1) is 6.92 Å². The van der Waals surface area contributed by atoms with Crippen molar-refractivity contribution in [3.05, 3.63) is 48.0 Å². The van der Waals surface area contributed by atoms with Crippen molar-refractivity contribution in [2.24, 2.45) is 0 Å². The number of benzene rings is 1. The van der Waals surface area contributed by atoms with Crippen LogP contribution >= 0.6 is 0 Å². The quantitative estimate of drug-likeness (QED) is 0.660. The molecular formula is C13H14O. The summed E-state index contributed by atoms with van der Waals surface area (Å²) in [6.07, 6.45) is 3.06. The van der Waals surface area contributed by atoms with Crippen molar-refractivity contribution in [3.8, 4) is 0 Å². The van der Waals surface area contributed by atoms with E-state index in [-0.39, 0.29) is 0 Å². The van der Waals surface area contributed by atoms with Gasteiger partial charge < -0.3 is 4.79 Å². The molecule has 1 rings (SSSR count). The van der Waals surface area contributed by atoms with Crippen LogP contribution in [0.1, 0.15) is 23.1 Å². The fourth-order valence-electron chi connectivity index (χ4n) is 1.36. The molecule has 0 spiro atoms. The lowest BCUT2D eigenvalue weighted by molar-refractivity contribution is -0.107. The van der Waals surface area contributed by atoms with Crippen molar-refractivity contribution in [3.63, 3.8) is 0 Å². The van der Waals surface area contributed by atoms with E-state index in [1.54, 1.807) is 6.08 Å². The highest BCUT2D eigenvalue weighted by molar-refractivity contribution is 5.78. The summed E-state index contributed by atoms with van der Waals surface area (Å²) in [6, 6.07) is 6.02. The lowest BCUT2D eigenvalue weighted by Gasteiger charge is -2.07. The van der Waals surface area contributed by atoms with Crippen molar-refractivity contribution >= 4 is 17.9 Å². The van der Waals surface area contributed by atoms with E-state index in [0.717, 1.165) is 28.5 Å². The highest BCUT2D eigenvalue weighted by atomic mass is 16.1. The first-order valence-corrected chi connectivity index (χ1v) is 4.54. The van der Waals surface area contributed by atoms with Gasteiger partial charge in [-0.2, -0.15) is 0 Å². The van der Waals surface area contributed by atoms with Crippen molar-refractivity contribution in [1.82, 2.24) is 0 Å². The summed E-state index contributed by atoms with van der Waals surface area (Å²) in [5.41, 5.74) is 4.11. The van der Waals surface area contributed by atoms with E-state index in [0.29, 0.717) is 6.42 Å². The molecular weight excluding hydrogens is 172 g/mol. The highest BCUT2D eigenvalue weighted by Gasteiger charge is 2.02. The molecule has 0 N–H and O–H groups in total. The maximum absolute atomic E-state index is 10.4. The number of aryl methyl sites for hydroxylation is 1. The van der Waals surface area contributed by atoms with E-state index in [1.165, 1.54) is 0 Å². The summed E-state index contributed by atoms with van der Waals surface area (Å²) in [5, 5.41) is 0. The molecule has 0 saturated carbocycles. The second kappa shape index (κ2) is 4.56. The topological polar surface area (TPSA) is 17.1 Å². The number of rotatable bonds is 4. The van der Waals surface area contributed by atoms with Crippen LogP contribution in [0.25, 0.3) is 11.6 Å². The Labute approximate surface area is 84.8 Å². The van der Waals surface area contributed by atoms with Crippen LogP contribution in [0.2, 0.25) is 0 Å². The highest BCUT2D eigenvalue weighted by Crippen LogP contribution is 2.21. The third kappa shape index (κ3) is 2.19. The average Bonchev–Trinajstić information content (AvgIpc) is 2.19. The fraction of sp³-hybridized carbons (Fsp3) is 0.154. The summed E-state index contributed by atoms with van der Waals surface area (Å²) in [6.45, 7) is 9.61. The normalized spacial score (nSPS) is 9.50. The molecule has 1 nitrogen and oxygen atoms in total. The maximum atomic E-state index is 10.4. The zero-order valence-corrected chi connectivity index (χ0v) is 8.42. The third-order valence-electron chi connectivity index (χ3n) is 2.21. The van der Waals surface area contributed by atoms with Gasteiger partial charge in [-0.05, 0) is 35.3 Å². The molecule has 0 aliphatic heterocycles. The summed E-state index contributed by atoms with van der Waals surface area (Å²) in [5.74, 6) is 0. The van der Waals surface area contributed by atoms with E-state index < -0.39 is 0 Å². The van der Waals surface area contributed by atoms with Gasteiger partial charge in [0, 0.05) is 6.42 Å². The molecule has 0 fully saturated rings. The molecule has 14 heavy (non-hydrogen) atoms. The predicted octanol–water partition coefficient (Wildman–Crippen LogP) is 3.24. The Morgan fingerprint density at radius 3 is 2.79 bits per heavy atom. The van der Waals surface area contributed by atoms with Gasteiger partial charge in [0.2, 0.25) is 0 Å². The van der Waals surface area contributed by atoms with Gasteiger partial charge in [-0.25, -0.2) is 0 Å². The molecule has 0 radical (unpaired) electrons. The molecule has 0 aliphatic carbocycles. The second-order valence-corrected chi connectivity index (χ2v) is 3.25. The zero-order valence-electron chi connectivity index (χ0n) is 8.42. The molecule has 0 aliphatic rings. The van der Waals surface area contributed by atoms with Crippen LogP contribution in [-0.4, -0.2) is 6.29 Å². The van der Waals surface area contributed by atoms with Crippen molar-refractivity contribution < 1.29 is 4.79 Å². The van der Waals surface area contributed by atoms with Crippen LogP contribution in [0.5, 0.6) is 0 Å². The molecule has 72 valence electrons. The molecule has 1 heteroatoms. The molecule has 0 aromatic heterocycles. The van der Waals surface area contributed by atoms with Crippen LogP contribution < -0.4 is 0 Å². The first kappa shape index (κ1) is 10.5. The zero-order chi connectivity index (χ0) is 10.6. The van der Waals surface area contributed by atoms with E-state index in [1.807, 2.05) is 25.1 Å². The number of hydrogen-bond acceptors (Lipinski definition) is 1. The van der Waals surface area contributed by atoms with Gasteiger partial charge in [-0.15, -0.1) is 0 Å². The molecule has 1 aromatic carbocycles. The molecule has 0 saturated heterocycles. The van der Waals surface area contributed by atoms with Gasteiger partial charge in [-0.1, -0.05) is 31.4 Å². The van der Waals surface area contributed by atoms with Crippen molar-refractivity contribution in [2.75, 3.05) is 0 Å². The van der Waals surface area contributed by atoms with E-state index >= 15 is 0 Å². The van der Waals surface area contributed by atoms with Gasteiger partial charge in [0.15, 0.2) is 0 Å². The standard InChI is InChI=1S/C13H14O/c1-4-12-6-5-10(2)13(9-12)11(3)7-8-14/h4-6,8-9H,1,3,7H2,2H3. The average molecular weight is 186 g/mol. The predicted molar refractivity (Wildman–Crippen MR) is 61.0 cm³/mol. The summed E-state index contributed by atoms with van der Waals surface area (Å²) >= 11 is 0. The third-order valence-corrected chi connectivity index (χ3v) is 2.21. The number of carbonyl (C=O) groups is 1. The Morgan fingerprint density at radius 2 is 2.21 bits per heavy atom. The molecule has 0 unspecified atom stereocenters. The molecule has 1 aromatic rings. The second-order valence-electron chi connectivity index (χ2n) is 3.25. The SMILES string of the molecule is C=Cc1ccc(C)c(C(=C)CC=O)c1. The van der Waals surface area contributed by atoms with Gasteiger partial charge in [-0.3, -0.25) is 0 Å². The smallest absolute Gasteiger partial charge is 0.124 e. The lowest BCUT2D eigenvalue weighted by atomic mass is 9.97. The lowest BCUT2D eigenvalue weighted by Crippen LogP contribution is -1.89. The Bertz CT molecular complexity index is 375. The van der Waals surface area contributed by atoms with Gasteiger partial charge >= 0.3 is 0 Å². The van der Waals surface area contributed by atoms with Gasteiger partial charge in [0.1, 0.15) is 6.29 Å². The minimum atomic E-state index is 0.390. The fourth-order valence-corrected chi connectivity index (χ4v) is 1.36. The molecule has 0 atom stereocenters. The minimum Gasteiger partial charge on any atom is -0.303 e. The molecule has 0 bridgehead atoms. The van der Waals surface area contributed by atoms with Crippen LogP contribution in [0.15, 0.2) is 31.4 Å². The van der Waals surface area contributed by atoms with Crippen LogP contribution in [0.3, 0.4) is 0 Å². The molecule has 0 heterocycles. The number of hydrogen-bond donors (Lipinski definition) is 0. The monoisotopic (exact) mass is 186 g/mol. The van der Waals surface area contributed by atoms with Gasteiger partial charge in [0.25, 0.3) is 0 Å². The van der Waals surface area contributed by atoms with E-state index in [2.05, 4.69) is 13.2 Å².